The summed E-state index contributed by atoms with van der Waals surface area (Å²) < 4.78 is 6.76. The van der Waals surface area contributed by atoms with Crippen molar-refractivity contribution in [2.45, 2.75) is 6.54 Å². The normalized spacial score (nSPS) is 16.0. The van der Waals surface area contributed by atoms with Crippen molar-refractivity contribution in [3.05, 3.63) is 72.3 Å². The van der Waals surface area contributed by atoms with Crippen molar-refractivity contribution in [1.82, 2.24) is 10.3 Å². The molecule has 2 aliphatic rings. The van der Waals surface area contributed by atoms with Crippen molar-refractivity contribution in [3.8, 4) is 11.1 Å². The first-order valence-electron chi connectivity index (χ1n) is 13.0. The summed E-state index contributed by atoms with van der Waals surface area (Å²) in [4.78, 5) is 22.3. The van der Waals surface area contributed by atoms with E-state index < -0.39 is 0 Å². The van der Waals surface area contributed by atoms with Crippen LogP contribution >= 0.6 is 23.1 Å². The van der Waals surface area contributed by atoms with Gasteiger partial charge in [0.2, 0.25) is 0 Å². The lowest BCUT2D eigenvalue weighted by atomic mass is 10.0. The van der Waals surface area contributed by atoms with Gasteiger partial charge in [0.1, 0.15) is 5.52 Å². The van der Waals surface area contributed by atoms with Crippen LogP contribution in [0.4, 0.5) is 21.3 Å². The molecule has 3 aromatic carbocycles. The largest absolute Gasteiger partial charge is 0.378 e. The first-order chi connectivity index (χ1) is 18.7. The predicted molar refractivity (Wildman–Crippen MR) is 160 cm³/mol. The number of hydrogen-bond acceptors (Lipinski definition) is 7. The minimum atomic E-state index is -0.214. The van der Waals surface area contributed by atoms with Gasteiger partial charge in [-0.15, -0.1) is 0 Å². The molecule has 2 amide bonds. The summed E-state index contributed by atoms with van der Waals surface area (Å²) in [6, 6.07) is 22.3. The molecule has 6 rings (SSSR count). The summed E-state index contributed by atoms with van der Waals surface area (Å²) in [7, 11) is 0. The number of fused-ring (bicyclic) bond motifs is 1. The number of thioether (sulfide) groups is 1. The summed E-state index contributed by atoms with van der Waals surface area (Å²) in [6.07, 6.45) is 0. The van der Waals surface area contributed by atoms with E-state index in [0.29, 0.717) is 6.54 Å². The molecule has 4 aromatic rings. The van der Waals surface area contributed by atoms with Crippen molar-refractivity contribution in [2.24, 2.45) is 0 Å². The van der Waals surface area contributed by atoms with Crippen LogP contribution in [0.5, 0.6) is 0 Å². The second-order valence-corrected chi connectivity index (χ2v) is 11.6. The lowest BCUT2D eigenvalue weighted by Gasteiger charge is -2.29. The number of amides is 2. The van der Waals surface area contributed by atoms with Gasteiger partial charge in [-0.05, 0) is 41.0 Å². The van der Waals surface area contributed by atoms with Gasteiger partial charge in [0.25, 0.3) is 0 Å². The Balaban J connectivity index is 1.23. The van der Waals surface area contributed by atoms with Crippen molar-refractivity contribution in [1.29, 1.82) is 0 Å². The highest BCUT2D eigenvalue weighted by Crippen LogP contribution is 2.39. The number of urea groups is 1. The quantitative estimate of drug-likeness (QED) is 0.325. The molecule has 38 heavy (non-hydrogen) atoms. The van der Waals surface area contributed by atoms with E-state index in [2.05, 4.69) is 44.7 Å². The predicted octanol–water partition coefficient (Wildman–Crippen LogP) is 5.67. The number of carbonyl (C=O) groups excluding carboxylic acids is 1. The van der Waals surface area contributed by atoms with Crippen LogP contribution in [0.1, 0.15) is 5.56 Å². The third-order valence-corrected chi connectivity index (χ3v) is 8.87. The molecule has 9 heteroatoms. The molecule has 2 saturated heterocycles. The van der Waals surface area contributed by atoms with Gasteiger partial charge in [0, 0.05) is 49.9 Å². The average Bonchev–Trinajstić information content (AvgIpc) is 3.42. The van der Waals surface area contributed by atoms with Crippen molar-refractivity contribution >= 4 is 55.9 Å². The lowest BCUT2D eigenvalue weighted by molar-refractivity contribution is 0.122. The second kappa shape index (κ2) is 11.6. The van der Waals surface area contributed by atoms with E-state index in [4.69, 9.17) is 9.72 Å². The van der Waals surface area contributed by atoms with Crippen LogP contribution < -0.4 is 20.4 Å². The van der Waals surface area contributed by atoms with E-state index in [9.17, 15) is 4.79 Å². The number of anilines is 3. The smallest absolute Gasteiger partial charge is 0.319 e. The summed E-state index contributed by atoms with van der Waals surface area (Å²) in [5, 5.41) is 6.93. The van der Waals surface area contributed by atoms with E-state index in [1.807, 2.05) is 54.2 Å². The standard InChI is InChI=1S/C29H31N5O2S2/c35-28(30-20-21-4-2-1-3-5-21)31-24-8-6-22(7-9-24)23-18-25(33-12-16-37-17-13-33)27-26(19-23)38-29(32-27)34-10-14-36-15-11-34/h1-9,18-19H,10-17,20H2,(H2,30,31,35). The zero-order valence-corrected chi connectivity index (χ0v) is 22.8. The number of carbonyl (C=O) groups is 1. The van der Waals surface area contributed by atoms with E-state index >= 15 is 0 Å². The zero-order valence-electron chi connectivity index (χ0n) is 21.2. The Hall–Kier alpha value is -3.27. The highest BCUT2D eigenvalue weighted by atomic mass is 32.2. The van der Waals surface area contributed by atoms with Gasteiger partial charge in [-0.2, -0.15) is 11.8 Å². The number of benzene rings is 3. The number of hydrogen-bond donors (Lipinski definition) is 2. The molecule has 0 spiro atoms. The topological polar surface area (TPSA) is 69.7 Å². The Labute approximate surface area is 231 Å². The fourth-order valence-corrected chi connectivity index (χ4v) is 6.78. The number of ether oxygens (including phenoxy) is 1. The van der Waals surface area contributed by atoms with Gasteiger partial charge >= 0.3 is 6.03 Å². The Bertz CT molecular complexity index is 1380. The van der Waals surface area contributed by atoms with Crippen molar-refractivity contribution in [3.63, 3.8) is 0 Å². The Morgan fingerprint density at radius 3 is 2.42 bits per heavy atom. The van der Waals surface area contributed by atoms with E-state index in [1.54, 1.807) is 11.3 Å². The van der Waals surface area contributed by atoms with Gasteiger partial charge in [0.15, 0.2) is 5.13 Å². The zero-order chi connectivity index (χ0) is 25.7. The molecule has 1 aromatic heterocycles. The van der Waals surface area contributed by atoms with E-state index in [1.165, 1.54) is 16.0 Å². The van der Waals surface area contributed by atoms with Crippen LogP contribution in [-0.2, 0) is 11.3 Å². The molecule has 196 valence electrons. The van der Waals surface area contributed by atoms with Gasteiger partial charge in [-0.3, -0.25) is 0 Å². The maximum absolute atomic E-state index is 12.4. The molecule has 0 aliphatic carbocycles. The Kier molecular flexibility index (Phi) is 7.66. The van der Waals surface area contributed by atoms with Crippen molar-refractivity contribution < 1.29 is 9.53 Å². The number of aromatic nitrogens is 1. The monoisotopic (exact) mass is 545 g/mol. The molecule has 2 fully saturated rings. The van der Waals surface area contributed by atoms with Crippen LogP contribution in [0.15, 0.2) is 66.7 Å². The van der Waals surface area contributed by atoms with Gasteiger partial charge < -0.3 is 25.2 Å². The molecule has 3 heterocycles. The summed E-state index contributed by atoms with van der Waals surface area (Å²) in [5.74, 6) is 2.28. The SMILES string of the molecule is O=C(NCc1ccccc1)Nc1ccc(-c2cc(N3CCSCC3)c3nc(N4CCOCC4)sc3c2)cc1. The molecule has 2 aliphatic heterocycles. The van der Waals surface area contributed by atoms with Crippen molar-refractivity contribution in [2.75, 3.05) is 66.0 Å². The molecule has 7 nitrogen and oxygen atoms in total. The first kappa shape index (κ1) is 25.0. The van der Waals surface area contributed by atoms with Gasteiger partial charge in [-0.1, -0.05) is 53.8 Å². The maximum atomic E-state index is 12.4. The average molecular weight is 546 g/mol. The van der Waals surface area contributed by atoms with E-state index in [-0.39, 0.29) is 6.03 Å². The Morgan fingerprint density at radius 1 is 0.895 bits per heavy atom. The summed E-state index contributed by atoms with van der Waals surface area (Å²) in [6.45, 7) is 5.84. The van der Waals surface area contributed by atoms with Crippen LogP contribution in [-0.4, -0.2) is 61.9 Å². The Morgan fingerprint density at radius 2 is 1.66 bits per heavy atom. The van der Waals surface area contributed by atoms with Gasteiger partial charge in [0.05, 0.1) is 23.6 Å². The molecule has 0 atom stereocenters. The van der Waals surface area contributed by atoms with Crippen LogP contribution in [0.3, 0.4) is 0 Å². The molecule has 0 saturated carbocycles. The number of morpholine rings is 1. The molecule has 0 radical (unpaired) electrons. The van der Waals surface area contributed by atoms with E-state index in [0.717, 1.165) is 78.4 Å². The number of nitrogens with zero attached hydrogens (tertiary/aromatic N) is 3. The first-order valence-corrected chi connectivity index (χ1v) is 15.0. The molecular formula is C29H31N5O2S2. The second-order valence-electron chi connectivity index (χ2n) is 9.41. The number of nitrogens with one attached hydrogen (secondary N) is 2. The fourth-order valence-electron chi connectivity index (χ4n) is 4.80. The highest BCUT2D eigenvalue weighted by Gasteiger charge is 2.21. The van der Waals surface area contributed by atoms with Crippen LogP contribution in [0.2, 0.25) is 0 Å². The maximum Gasteiger partial charge on any atom is 0.319 e. The number of rotatable bonds is 6. The number of thiazole rings is 1. The summed E-state index contributed by atoms with van der Waals surface area (Å²) in [5.41, 5.74) is 6.44. The highest BCUT2D eigenvalue weighted by molar-refractivity contribution is 7.99. The molecule has 0 bridgehead atoms. The van der Waals surface area contributed by atoms with Gasteiger partial charge in [-0.25, -0.2) is 9.78 Å². The molecular weight excluding hydrogens is 514 g/mol. The third-order valence-electron chi connectivity index (χ3n) is 6.87. The fraction of sp³-hybridized carbons (Fsp3) is 0.310. The lowest BCUT2D eigenvalue weighted by Crippen LogP contribution is -2.36. The van der Waals surface area contributed by atoms with Crippen LogP contribution in [0, 0.1) is 0 Å². The summed E-state index contributed by atoms with van der Waals surface area (Å²) >= 11 is 3.78. The third kappa shape index (κ3) is 5.75. The van der Waals surface area contributed by atoms with Crippen LogP contribution in [0.25, 0.3) is 21.3 Å². The molecule has 2 N–H and O–H groups in total. The minimum Gasteiger partial charge on any atom is -0.378 e. The minimum absolute atomic E-state index is 0.214. The molecule has 0 unspecified atom stereocenters.